The first-order valence-electron chi connectivity index (χ1n) is 10.0. The Bertz CT molecular complexity index is 1390. The summed E-state index contributed by atoms with van der Waals surface area (Å²) in [6.45, 7) is 0. The van der Waals surface area contributed by atoms with Crippen molar-refractivity contribution in [2.45, 2.75) is 6.18 Å². The standard InChI is InChI=1S/C24H16ClF3N4OS2/c25-18-11-10-16(12-17(18)24(26,27)28)31-23(34)30-15-8-6-13(7-9-15)20-19(21(29)33)32-22(35-20)14-4-2-1-3-5-14/h1-12H,(H2,29,33)(H2,30,31,34). The molecule has 0 unspecified atom stereocenters. The first-order chi connectivity index (χ1) is 16.6. The third-order valence-corrected chi connectivity index (χ3v) is 6.50. The van der Waals surface area contributed by atoms with E-state index in [0.29, 0.717) is 15.6 Å². The molecule has 5 nitrogen and oxygen atoms in total. The number of nitrogens with two attached hydrogens (primary N) is 1. The SMILES string of the molecule is NC(=O)c1nc(-c2ccccc2)sc1-c1ccc(NC(=S)Nc2ccc(Cl)c(C(F)(F)F)c2)cc1. The molecule has 0 fully saturated rings. The highest BCUT2D eigenvalue weighted by Crippen LogP contribution is 2.37. The van der Waals surface area contributed by atoms with E-state index in [1.165, 1.54) is 17.4 Å². The second kappa shape index (κ2) is 10.0. The molecule has 0 aliphatic carbocycles. The summed E-state index contributed by atoms with van der Waals surface area (Å²) in [6, 6.07) is 19.9. The van der Waals surface area contributed by atoms with Gasteiger partial charge in [-0.25, -0.2) is 4.98 Å². The Morgan fingerprint density at radius 1 is 0.943 bits per heavy atom. The van der Waals surface area contributed by atoms with Gasteiger partial charge in [-0.05, 0) is 48.1 Å². The van der Waals surface area contributed by atoms with Gasteiger partial charge in [0.1, 0.15) is 10.7 Å². The Kier molecular flexibility index (Phi) is 7.06. The van der Waals surface area contributed by atoms with Gasteiger partial charge >= 0.3 is 6.18 Å². The van der Waals surface area contributed by atoms with Gasteiger partial charge in [0.2, 0.25) is 0 Å². The van der Waals surface area contributed by atoms with Crippen LogP contribution >= 0.6 is 35.2 Å². The molecule has 0 saturated carbocycles. The van der Waals surface area contributed by atoms with E-state index in [0.717, 1.165) is 23.3 Å². The van der Waals surface area contributed by atoms with Crippen molar-refractivity contribution in [3.8, 4) is 21.0 Å². The number of thiazole rings is 1. The Morgan fingerprint density at radius 2 is 1.57 bits per heavy atom. The summed E-state index contributed by atoms with van der Waals surface area (Å²) in [5.41, 5.74) is 7.10. The summed E-state index contributed by atoms with van der Waals surface area (Å²) in [5, 5.41) is 5.99. The molecule has 1 amide bonds. The predicted molar refractivity (Wildman–Crippen MR) is 138 cm³/mol. The minimum absolute atomic E-state index is 0.0928. The van der Waals surface area contributed by atoms with Crippen LogP contribution in [0.3, 0.4) is 0 Å². The van der Waals surface area contributed by atoms with E-state index in [-0.39, 0.29) is 16.5 Å². The molecule has 4 rings (SSSR count). The van der Waals surface area contributed by atoms with Crippen molar-refractivity contribution in [1.29, 1.82) is 0 Å². The molecule has 0 bridgehead atoms. The molecular weight excluding hydrogens is 517 g/mol. The number of nitrogens with zero attached hydrogens (tertiary/aromatic N) is 1. The van der Waals surface area contributed by atoms with Crippen molar-refractivity contribution in [1.82, 2.24) is 4.98 Å². The van der Waals surface area contributed by atoms with E-state index >= 15 is 0 Å². The first-order valence-corrected chi connectivity index (χ1v) is 11.6. The van der Waals surface area contributed by atoms with Gasteiger partial charge in [-0.3, -0.25) is 4.79 Å². The smallest absolute Gasteiger partial charge is 0.364 e. The molecule has 0 atom stereocenters. The van der Waals surface area contributed by atoms with Gasteiger partial charge in [-0.1, -0.05) is 54.1 Å². The number of alkyl halides is 3. The van der Waals surface area contributed by atoms with Gasteiger partial charge in [0.15, 0.2) is 5.11 Å². The summed E-state index contributed by atoms with van der Waals surface area (Å²) >= 11 is 12.2. The number of nitrogens with one attached hydrogen (secondary N) is 2. The zero-order valence-electron chi connectivity index (χ0n) is 17.7. The summed E-state index contributed by atoms with van der Waals surface area (Å²) in [6.07, 6.45) is -4.58. The predicted octanol–water partition coefficient (Wildman–Crippen LogP) is 7.06. The number of amides is 1. The fourth-order valence-electron chi connectivity index (χ4n) is 3.21. The van der Waals surface area contributed by atoms with E-state index in [1.54, 1.807) is 24.3 Å². The van der Waals surface area contributed by atoms with Crippen molar-refractivity contribution in [2.75, 3.05) is 10.6 Å². The van der Waals surface area contributed by atoms with Crippen molar-refractivity contribution >= 4 is 57.5 Å². The minimum Gasteiger partial charge on any atom is -0.364 e. The maximum Gasteiger partial charge on any atom is 0.417 e. The highest BCUT2D eigenvalue weighted by Gasteiger charge is 2.33. The van der Waals surface area contributed by atoms with Gasteiger partial charge < -0.3 is 16.4 Å². The molecule has 1 aromatic heterocycles. The molecule has 11 heteroatoms. The van der Waals surface area contributed by atoms with Crippen molar-refractivity contribution in [3.05, 3.63) is 89.1 Å². The quantitative estimate of drug-likeness (QED) is 0.240. The largest absolute Gasteiger partial charge is 0.417 e. The van der Waals surface area contributed by atoms with E-state index in [2.05, 4.69) is 15.6 Å². The minimum atomic E-state index is -4.58. The Balaban J connectivity index is 1.51. The third kappa shape index (κ3) is 5.79. The topological polar surface area (TPSA) is 80.0 Å². The van der Waals surface area contributed by atoms with Crippen LogP contribution in [-0.2, 0) is 6.18 Å². The van der Waals surface area contributed by atoms with E-state index in [1.807, 2.05) is 30.3 Å². The van der Waals surface area contributed by atoms with Gasteiger partial charge in [0, 0.05) is 16.9 Å². The van der Waals surface area contributed by atoms with Crippen LogP contribution in [0.1, 0.15) is 16.1 Å². The zero-order chi connectivity index (χ0) is 25.2. The average Bonchev–Trinajstić information content (AvgIpc) is 3.27. The lowest BCUT2D eigenvalue weighted by Crippen LogP contribution is -2.19. The number of hydrogen-bond donors (Lipinski definition) is 3. The van der Waals surface area contributed by atoms with Crippen LogP contribution in [0.2, 0.25) is 5.02 Å². The number of hydrogen-bond acceptors (Lipinski definition) is 4. The summed E-state index contributed by atoms with van der Waals surface area (Å²) in [7, 11) is 0. The molecule has 4 N–H and O–H groups in total. The number of anilines is 2. The van der Waals surface area contributed by atoms with Gasteiger partial charge in [-0.2, -0.15) is 13.2 Å². The third-order valence-electron chi connectivity index (χ3n) is 4.82. The zero-order valence-corrected chi connectivity index (χ0v) is 20.1. The first kappa shape index (κ1) is 24.6. The number of halogens is 4. The number of rotatable bonds is 5. The Labute approximate surface area is 212 Å². The lowest BCUT2D eigenvalue weighted by molar-refractivity contribution is -0.137. The Morgan fingerprint density at radius 3 is 2.20 bits per heavy atom. The van der Waals surface area contributed by atoms with Gasteiger partial charge in [0.05, 0.1) is 15.5 Å². The summed E-state index contributed by atoms with van der Waals surface area (Å²) in [4.78, 5) is 17.0. The Hall–Kier alpha value is -3.47. The monoisotopic (exact) mass is 532 g/mol. The van der Waals surface area contributed by atoms with Gasteiger partial charge in [-0.15, -0.1) is 11.3 Å². The second-order valence-electron chi connectivity index (χ2n) is 7.28. The van der Waals surface area contributed by atoms with Crippen LogP contribution in [-0.4, -0.2) is 16.0 Å². The van der Waals surface area contributed by atoms with Crippen molar-refractivity contribution in [3.63, 3.8) is 0 Å². The molecule has 0 aliphatic heterocycles. The molecule has 178 valence electrons. The lowest BCUT2D eigenvalue weighted by atomic mass is 10.1. The number of thiocarbonyl (C=S) groups is 1. The lowest BCUT2D eigenvalue weighted by Gasteiger charge is -2.14. The fraction of sp³-hybridized carbons (Fsp3) is 0.0417. The molecule has 0 radical (unpaired) electrons. The maximum absolute atomic E-state index is 13.1. The molecule has 0 saturated heterocycles. The van der Waals surface area contributed by atoms with Crippen LogP contribution < -0.4 is 16.4 Å². The molecule has 4 aromatic rings. The summed E-state index contributed by atoms with van der Waals surface area (Å²) < 4.78 is 39.2. The number of benzene rings is 3. The van der Waals surface area contributed by atoms with Crippen LogP contribution in [0.25, 0.3) is 21.0 Å². The van der Waals surface area contributed by atoms with Crippen molar-refractivity contribution < 1.29 is 18.0 Å². The molecule has 3 aromatic carbocycles. The highest BCUT2D eigenvalue weighted by molar-refractivity contribution is 7.80. The normalized spacial score (nSPS) is 11.2. The second-order valence-corrected chi connectivity index (χ2v) is 9.09. The van der Waals surface area contributed by atoms with Gasteiger partial charge in [0.25, 0.3) is 5.91 Å². The van der Waals surface area contributed by atoms with E-state index in [4.69, 9.17) is 29.6 Å². The fourth-order valence-corrected chi connectivity index (χ4v) is 4.75. The summed E-state index contributed by atoms with van der Waals surface area (Å²) in [5.74, 6) is -0.632. The average molecular weight is 533 g/mol. The van der Waals surface area contributed by atoms with Crippen LogP contribution in [0.5, 0.6) is 0 Å². The maximum atomic E-state index is 13.1. The van der Waals surface area contributed by atoms with E-state index < -0.39 is 22.7 Å². The molecule has 1 heterocycles. The van der Waals surface area contributed by atoms with Crippen LogP contribution in [0, 0.1) is 0 Å². The van der Waals surface area contributed by atoms with E-state index in [9.17, 15) is 18.0 Å². The van der Waals surface area contributed by atoms with Crippen LogP contribution in [0.4, 0.5) is 24.5 Å². The highest BCUT2D eigenvalue weighted by atomic mass is 35.5. The number of carbonyl (C=O) groups is 1. The number of primary amides is 1. The number of carbonyl (C=O) groups excluding carboxylic acids is 1. The molecule has 35 heavy (non-hydrogen) atoms. The molecular formula is C24H16ClF3N4OS2. The number of aromatic nitrogens is 1. The molecule has 0 spiro atoms. The van der Waals surface area contributed by atoms with Crippen LogP contribution in [0.15, 0.2) is 72.8 Å². The van der Waals surface area contributed by atoms with Crippen molar-refractivity contribution in [2.24, 2.45) is 5.73 Å². The molecule has 0 aliphatic rings.